The molecule has 0 aliphatic heterocycles. The first-order chi connectivity index (χ1) is 13.5. The number of hydrogen-bond donors (Lipinski definition) is 0. The van der Waals surface area contributed by atoms with Crippen molar-refractivity contribution in [3.8, 4) is 0 Å². The predicted octanol–water partition coefficient (Wildman–Crippen LogP) is 9.44. The number of unbranched alkanes of at least 4 members (excludes halogenated alkanes) is 2. The van der Waals surface area contributed by atoms with Gasteiger partial charge in [0.2, 0.25) is 0 Å². The molecule has 158 valence electrons. The van der Waals surface area contributed by atoms with Crippen LogP contribution in [0.3, 0.4) is 0 Å². The van der Waals surface area contributed by atoms with E-state index in [1.54, 1.807) is 27.9 Å². The second kappa shape index (κ2) is 8.10. The van der Waals surface area contributed by atoms with Gasteiger partial charge in [0.25, 0.3) is 0 Å². The van der Waals surface area contributed by atoms with Gasteiger partial charge in [-0.2, -0.15) is 0 Å². The number of aryl methyl sites for hydroxylation is 2. The van der Waals surface area contributed by atoms with Gasteiger partial charge in [-0.1, -0.05) is 0 Å². The summed E-state index contributed by atoms with van der Waals surface area (Å²) in [5.74, 6) is 0.658. The molecule has 1 aromatic rings. The summed E-state index contributed by atoms with van der Waals surface area (Å²) < 4.78 is 7.64. The van der Waals surface area contributed by atoms with Crippen molar-refractivity contribution in [3.63, 3.8) is 0 Å². The molecule has 0 heterocycles. The molecule has 2 aliphatic rings. The van der Waals surface area contributed by atoms with Crippen LogP contribution in [-0.2, 0) is 20.0 Å². The number of allylic oxidation sites excluding steroid dienone is 5. The summed E-state index contributed by atoms with van der Waals surface area (Å²) in [6.07, 6.45) is 8.01. The third-order valence-corrected chi connectivity index (χ3v) is 27.6. The molecule has 0 spiro atoms. The molecule has 0 radical (unpaired) electrons. The fraction of sp³-hybridized carbons (Fsp3) is 0.571. The van der Waals surface area contributed by atoms with Gasteiger partial charge in [0.05, 0.1) is 0 Å². The van der Waals surface area contributed by atoms with Crippen LogP contribution in [0, 0.1) is 13.8 Å². The fourth-order valence-corrected chi connectivity index (χ4v) is 22.3. The molecule has 2 aliphatic carbocycles. The minimum atomic E-state index is -2.90. The van der Waals surface area contributed by atoms with Crippen LogP contribution < -0.4 is 0 Å². The molecule has 1 unspecified atom stereocenters. The molecule has 0 bridgehead atoms. The van der Waals surface area contributed by atoms with Crippen molar-refractivity contribution in [1.29, 1.82) is 0 Å². The average molecular weight is 557 g/mol. The maximum absolute atomic E-state index is 2.90. The van der Waals surface area contributed by atoms with E-state index in [-0.39, 0.29) is 0 Å². The van der Waals surface area contributed by atoms with E-state index < -0.39 is 20.0 Å². The van der Waals surface area contributed by atoms with Crippen molar-refractivity contribution in [2.75, 3.05) is 0 Å². The van der Waals surface area contributed by atoms with Crippen molar-refractivity contribution < 1.29 is 20.0 Å². The fourth-order valence-electron chi connectivity index (χ4n) is 6.07. The third kappa shape index (κ3) is 3.44. The Balaban J connectivity index is 2.13. The SMILES string of the molecule is CCCCCC1[C]([Hf]([CH3])([CH3])[C]2(C)C(C)=C(C)C(C)=C2C)=Cc2cc(C)c(C)cc21. The van der Waals surface area contributed by atoms with E-state index in [9.17, 15) is 0 Å². The predicted molar refractivity (Wildman–Crippen MR) is 128 cm³/mol. The van der Waals surface area contributed by atoms with Crippen LogP contribution in [0.1, 0.15) is 95.4 Å². The average Bonchev–Trinajstić information content (AvgIpc) is 3.09. The van der Waals surface area contributed by atoms with Crippen LogP contribution in [0.5, 0.6) is 0 Å². The Kier molecular flexibility index (Phi) is 6.42. The molecule has 0 N–H and O–H groups in total. The van der Waals surface area contributed by atoms with E-state index in [2.05, 4.69) is 83.0 Å². The summed E-state index contributed by atoms with van der Waals surface area (Å²) in [4.78, 5) is 0. The number of hydrogen-bond acceptors (Lipinski definition) is 0. The normalized spacial score (nSPS) is 21.2. The van der Waals surface area contributed by atoms with Crippen LogP contribution in [0.25, 0.3) is 6.08 Å². The van der Waals surface area contributed by atoms with E-state index in [1.807, 2.05) is 3.33 Å². The zero-order chi connectivity index (χ0) is 21.7. The van der Waals surface area contributed by atoms with Crippen molar-refractivity contribution in [1.82, 2.24) is 0 Å². The van der Waals surface area contributed by atoms with E-state index in [4.69, 9.17) is 0 Å². The van der Waals surface area contributed by atoms with Gasteiger partial charge in [-0.3, -0.25) is 0 Å². The molecule has 0 aromatic heterocycles. The van der Waals surface area contributed by atoms with Gasteiger partial charge in [-0.25, -0.2) is 0 Å². The van der Waals surface area contributed by atoms with E-state index in [0.717, 1.165) is 0 Å². The maximum atomic E-state index is 2.73. The topological polar surface area (TPSA) is 0 Å². The van der Waals surface area contributed by atoms with Gasteiger partial charge < -0.3 is 0 Å². The Morgan fingerprint density at radius 3 is 1.97 bits per heavy atom. The standard InChI is InChI=1S/C16H21.C10H15.2CH3.Hf/c1-4-5-6-7-14-8-9-15-10-12(2)13(3)11-16(14)15;1-6-7(2)9(4)10(5)8(6)3;;;/h9-11,14H,4-7H2,1-3H3;1-5H3;2*1H3;. The van der Waals surface area contributed by atoms with Crippen LogP contribution >= 0.6 is 0 Å². The van der Waals surface area contributed by atoms with Crippen LogP contribution in [0.15, 0.2) is 37.8 Å². The zero-order valence-corrected chi connectivity index (χ0v) is 24.2. The first-order valence-electron chi connectivity index (χ1n) is 11.7. The molecule has 1 heteroatoms. The molecular weight excluding hydrogens is 515 g/mol. The molecule has 3 rings (SSSR count). The van der Waals surface area contributed by atoms with Gasteiger partial charge in [-0.15, -0.1) is 0 Å². The molecular formula is C28H42Hf. The van der Waals surface area contributed by atoms with Gasteiger partial charge >= 0.3 is 186 Å². The first-order valence-corrected chi connectivity index (χ1v) is 22.5. The molecule has 29 heavy (non-hydrogen) atoms. The summed E-state index contributed by atoms with van der Waals surface area (Å²) in [5.41, 5.74) is 12.5. The van der Waals surface area contributed by atoms with Crippen molar-refractivity contribution in [2.24, 2.45) is 0 Å². The Morgan fingerprint density at radius 2 is 1.41 bits per heavy atom. The van der Waals surface area contributed by atoms with Crippen molar-refractivity contribution >= 4 is 6.08 Å². The van der Waals surface area contributed by atoms with Gasteiger partial charge in [0.15, 0.2) is 0 Å². The molecule has 1 aromatic carbocycles. The van der Waals surface area contributed by atoms with E-state index in [1.165, 1.54) is 42.4 Å². The summed E-state index contributed by atoms with van der Waals surface area (Å²) >= 11 is -2.90. The quantitative estimate of drug-likeness (QED) is 0.242. The van der Waals surface area contributed by atoms with Crippen LogP contribution in [0.2, 0.25) is 12.5 Å². The van der Waals surface area contributed by atoms with E-state index in [0.29, 0.717) is 9.09 Å². The van der Waals surface area contributed by atoms with E-state index >= 15 is 0 Å². The Morgan fingerprint density at radius 1 is 0.862 bits per heavy atom. The summed E-state index contributed by atoms with van der Waals surface area (Å²) in [7, 11) is 0. The minimum absolute atomic E-state index is 0.308. The number of benzene rings is 1. The molecule has 0 amide bonds. The van der Waals surface area contributed by atoms with Gasteiger partial charge in [0.1, 0.15) is 0 Å². The Bertz CT molecular complexity index is 896. The van der Waals surface area contributed by atoms with Crippen LogP contribution in [0.4, 0.5) is 0 Å². The third-order valence-electron chi connectivity index (χ3n) is 9.02. The van der Waals surface area contributed by atoms with Gasteiger partial charge in [-0.05, 0) is 0 Å². The molecule has 0 saturated carbocycles. The monoisotopic (exact) mass is 558 g/mol. The number of fused-ring (bicyclic) bond motifs is 1. The second-order valence-corrected chi connectivity index (χ2v) is 27.8. The molecule has 1 atom stereocenters. The first kappa shape index (κ1) is 23.0. The molecule has 0 nitrogen and oxygen atoms in total. The van der Waals surface area contributed by atoms with Crippen molar-refractivity contribution in [3.05, 3.63) is 60.0 Å². The second-order valence-electron chi connectivity index (χ2n) is 10.5. The molecule has 0 fully saturated rings. The Hall–Kier alpha value is -0.690. The molecule has 0 saturated heterocycles. The van der Waals surface area contributed by atoms with Crippen molar-refractivity contribution in [2.45, 2.75) is 99.5 Å². The Labute approximate surface area is 184 Å². The summed E-state index contributed by atoms with van der Waals surface area (Å²) in [6, 6.07) is 4.99. The van der Waals surface area contributed by atoms with Gasteiger partial charge in [0, 0.05) is 0 Å². The zero-order valence-electron chi connectivity index (χ0n) is 20.6. The summed E-state index contributed by atoms with van der Waals surface area (Å²) in [5, 5.41) is 0. The number of rotatable bonds is 6. The summed E-state index contributed by atoms with van der Waals surface area (Å²) in [6.45, 7) is 19.1. The van der Waals surface area contributed by atoms with Crippen LogP contribution in [-0.4, -0.2) is 0 Å².